The van der Waals surface area contributed by atoms with Crippen molar-refractivity contribution in [3.8, 4) is 0 Å². The van der Waals surface area contributed by atoms with Crippen LogP contribution in [-0.2, 0) is 14.6 Å². The van der Waals surface area contributed by atoms with Crippen molar-refractivity contribution in [3.63, 3.8) is 0 Å². The Morgan fingerprint density at radius 2 is 1.64 bits per heavy atom. The highest BCUT2D eigenvalue weighted by atomic mass is 35.5. The molecule has 0 aliphatic rings. The first kappa shape index (κ1) is 16.6. The van der Waals surface area contributed by atoms with Crippen molar-refractivity contribution < 1.29 is 18.3 Å². The Labute approximate surface area is 137 Å². The van der Waals surface area contributed by atoms with Crippen molar-refractivity contribution in [3.05, 3.63) is 52.5 Å². The van der Waals surface area contributed by atoms with Crippen LogP contribution in [-0.4, -0.2) is 26.0 Å². The molecule has 0 spiro atoms. The molecule has 0 aliphatic heterocycles. The average Bonchev–Trinajstić information content (AvgIpc) is 2.46. The molecular formula is C14H11Cl2NO4S. The van der Waals surface area contributed by atoms with Crippen LogP contribution >= 0.6 is 23.2 Å². The summed E-state index contributed by atoms with van der Waals surface area (Å²) < 4.78 is 25.3. The lowest BCUT2D eigenvalue weighted by atomic mass is 10.3. The predicted molar refractivity (Wildman–Crippen MR) is 84.5 cm³/mol. The van der Waals surface area contributed by atoms with Gasteiger partial charge in [0.25, 0.3) is 0 Å². The number of nitrogens with one attached hydrogen (secondary N) is 1. The standard InChI is InChI=1S/C14H11Cl2NO4S/c15-9-1-4-11(5-2-9)22(20,21)13-7-10(16)3-6-12(13)17-8-14(18)19/h1-7,17H,8H2,(H,18,19). The van der Waals surface area contributed by atoms with E-state index in [1.807, 2.05) is 0 Å². The van der Waals surface area contributed by atoms with Crippen LogP contribution in [0.4, 0.5) is 5.69 Å². The van der Waals surface area contributed by atoms with Crippen LogP contribution in [0.1, 0.15) is 0 Å². The van der Waals surface area contributed by atoms with Crippen LogP contribution in [0, 0.1) is 0 Å². The van der Waals surface area contributed by atoms with E-state index in [1.54, 1.807) is 0 Å². The molecule has 0 radical (unpaired) electrons. The monoisotopic (exact) mass is 359 g/mol. The van der Waals surface area contributed by atoms with Gasteiger partial charge in [-0.15, -0.1) is 0 Å². The highest BCUT2D eigenvalue weighted by Gasteiger charge is 2.22. The fourth-order valence-corrected chi connectivity index (χ4v) is 3.60. The molecular weight excluding hydrogens is 349 g/mol. The molecule has 116 valence electrons. The molecule has 0 atom stereocenters. The van der Waals surface area contributed by atoms with E-state index in [2.05, 4.69) is 5.32 Å². The number of hydrogen-bond acceptors (Lipinski definition) is 4. The van der Waals surface area contributed by atoms with Gasteiger partial charge in [0.2, 0.25) is 9.84 Å². The summed E-state index contributed by atoms with van der Waals surface area (Å²) in [6, 6.07) is 9.85. The van der Waals surface area contributed by atoms with Gasteiger partial charge in [0, 0.05) is 10.0 Å². The van der Waals surface area contributed by atoms with E-state index < -0.39 is 22.4 Å². The van der Waals surface area contributed by atoms with Crippen molar-refractivity contribution in [2.24, 2.45) is 0 Å². The molecule has 0 amide bonds. The fraction of sp³-hybridized carbons (Fsp3) is 0.0714. The van der Waals surface area contributed by atoms with Gasteiger partial charge < -0.3 is 10.4 Å². The number of hydrogen-bond donors (Lipinski definition) is 2. The van der Waals surface area contributed by atoms with Crippen LogP contribution < -0.4 is 5.32 Å². The molecule has 0 fully saturated rings. The van der Waals surface area contributed by atoms with E-state index in [9.17, 15) is 13.2 Å². The van der Waals surface area contributed by atoms with Gasteiger partial charge in [-0.05, 0) is 42.5 Å². The number of rotatable bonds is 5. The third-order valence-electron chi connectivity index (χ3n) is 2.79. The Kier molecular flexibility index (Phi) is 4.95. The van der Waals surface area contributed by atoms with E-state index in [-0.39, 0.29) is 20.5 Å². The zero-order valence-corrected chi connectivity index (χ0v) is 13.4. The number of halogens is 2. The van der Waals surface area contributed by atoms with Gasteiger partial charge in [-0.1, -0.05) is 23.2 Å². The second-order valence-electron chi connectivity index (χ2n) is 4.35. The number of sulfone groups is 1. The van der Waals surface area contributed by atoms with Gasteiger partial charge in [-0.2, -0.15) is 0 Å². The number of aliphatic carboxylic acids is 1. The molecule has 0 bridgehead atoms. The Balaban J connectivity index is 2.51. The normalized spacial score (nSPS) is 11.2. The molecule has 0 saturated carbocycles. The van der Waals surface area contributed by atoms with Crippen LogP contribution in [0.5, 0.6) is 0 Å². The SMILES string of the molecule is O=C(O)CNc1ccc(Cl)cc1S(=O)(=O)c1ccc(Cl)cc1. The first-order chi connectivity index (χ1) is 10.3. The van der Waals surface area contributed by atoms with Gasteiger partial charge in [0.15, 0.2) is 0 Å². The summed E-state index contributed by atoms with van der Waals surface area (Å²) in [6.45, 7) is -0.412. The van der Waals surface area contributed by atoms with Crippen molar-refractivity contribution in [1.29, 1.82) is 0 Å². The Morgan fingerprint density at radius 3 is 2.23 bits per heavy atom. The maximum Gasteiger partial charge on any atom is 0.322 e. The van der Waals surface area contributed by atoms with Gasteiger partial charge in [0.05, 0.1) is 15.5 Å². The molecule has 0 saturated heterocycles. The molecule has 0 heterocycles. The third-order valence-corrected chi connectivity index (χ3v) is 5.08. The zero-order chi connectivity index (χ0) is 16.3. The van der Waals surface area contributed by atoms with E-state index in [0.29, 0.717) is 5.02 Å². The van der Waals surface area contributed by atoms with Crippen LogP contribution in [0.25, 0.3) is 0 Å². The maximum absolute atomic E-state index is 12.7. The number of anilines is 1. The smallest absolute Gasteiger partial charge is 0.322 e. The van der Waals surface area contributed by atoms with Crippen LogP contribution in [0.2, 0.25) is 10.0 Å². The first-order valence-corrected chi connectivity index (χ1v) is 8.30. The summed E-state index contributed by atoms with van der Waals surface area (Å²) in [5.74, 6) is -1.11. The lowest BCUT2D eigenvalue weighted by Crippen LogP contribution is -2.15. The highest BCUT2D eigenvalue weighted by molar-refractivity contribution is 7.91. The average molecular weight is 360 g/mol. The molecule has 0 aromatic heterocycles. The topological polar surface area (TPSA) is 83.5 Å². The van der Waals surface area contributed by atoms with Crippen molar-refractivity contribution >= 4 is 44.7 Å². The summed E-state index contributed by atoms with van der Waals surface area (Å²) in [6.07, 6.45) is 0. The summed E-state index contributed by atoms with van der Waals surface area (Å²) in [7, 11) is -3.86. The van der Waals surface area contributed by atoms with E-state index in [0.717, 1.165) is 0 Å². The van der Waals surface area contributed by atoms with Crippen LogP contribution in [0.15, 0.2) is 52.3 Å². The van der Waals surface area contributed by atoms with Gasteiger partial charge in [0.1, 0.15) is 6.54 Å². The number of carboxylic acids is 1. The molecule has 5 nitrogen and oxygen atoms in total. The predicted octanol–water partition coefficient (Wildman–Crippen LogP) is 3.32. The summed E-state index contributed by atoms with van der Waals surface area (Å²) in [4.78, 5) is 10.6. The van der Waals surface area contributed by atoms with Crippen molar-refractivity contribution in [2.75, 3.05) is 11.9 Å². The van der Waals surface area contributed by atoms with Crippen molar-refractivity contribution in [2.45, 2.75) is 9.79 Å². The number of carbonyl (C=O) groups is 1. The second-order valence-corrected chi connectivity index (χ2v) is 7.14. The summed E-state index contributed by atoms with van der Waals surface area (Å²) in [5.41, 5.74) is 0.168. The van der Waals surface area contributed by atoms with Gasteiger partial charge >= 0.3 is 5.97 Å². The molecule has 0 aliphatic carbocycles. The first-order valence-electron chi connectivity index (χ1n) is 6.06. The molecule has 0 unspecified atom stereocenters. The fourth-order valence-electron chi connectivity index (χ4n) is 1.78. The highest BCUT2D eigenvalue weighted by Crippen LogP contribution is 2.30. The number of carboxylic acid groups (broad SMARTS) is 1. The quantitative estimate of drug-likeness (QED) is 0.855. The van der Waals surface area contributed by atoms with Gasteiger partial charge in [-0.25, -0.2) is 8.42 Å². The minimum absolute atomic E-state index is 0.0394. The van der Waals surface area contributed by atoms with Gasteiger partial charge in [-0.3, -0.25) is 4.79 Å². The lowest BCUT2D eigenvalue weighted by molar-refractivity contribution is -0.134. The van der Waals surface area contributed by atoms with E-state index in [1.165, 1.54) is 42.5 Å². The Morgan fingerprint density at radius 1 is 1.05 bits per heavy atom. The van der Waals surface area contributed by atoms with Crippen LogP contribution in [0.3, 0.4) is 0 Å². The second kappa shape index (κ2) is 6.56. The number of benzene rings is 2. The molecule has 22 heavy (non-hydrogen) atoms. The molecule has 8 heteroatoms. The lowest BCUT2D eigenvalue weighted by Gasteiger charge is -2.12. The molecule has 2 aromatic rings. The molecule has 2 N–H and O–H groups in total. The summed E-state index contributed by atoms with van der Waals surface area (Å²) in [5, 5.41) is 11.9. The summed E-state index contributed by atoms with van der Waals surface area (Å²) >= 11 is 11.6. The Bertz CT molecular complexity index is 804. The van der Waals surface area contributed by atoms with Crippen molar-refractivity contribution in [1.82, 2.24) is 0 Å². The minimum atomic E-state index is -3.86. The van der Waals surface area contributed by atoms with E-state index in [4.69, 9.17) is 28.3 Å². The maximum atomic E-state index is 12.7. The largest absolute Gasteiger partial charge is 0.480 e. The minimum Gasteiger partial charge on any atom is -0.480 e. The third kappa shape index (κ3) is 3.71. The van der Waals surface area contributed by atoms with E-state index >= 15 is 0 Å². The molecule has 2 aromatic carbocycles. The Hall–Kier alpha value is -1.76. The zero-order valence-electron chi connectivity index (χ0n) is 11.1. The molecule has 2 rings (SSSR count).